The van der Waals surface area contributed by atoms with Gasteiger partial charge < -0.3 is 4.98 Å². The Morgan fingerprint density at radius 1 is 0.882 bits per heavy atom. The van der Waals surface area contributed by atoms with Gasteiger partial charge in [-0.2, -0.15) is 0 Å². The Labute approximate surface area is 210 Å². The summed E-state index contributed by atoms with van der Waals surface area (Å²) in [5.74, 6) is 0.102. The van der Waals surface area contributed by atoms with Crippen molar-refractivity contribution in [2.24, 2.45) is 0 Å². The fraction of sp³-hybridized carbons (Fsp3) is 0.250. The molecule has 0 spiro atoms. The average Bonchev–Trinajstić information content (AvgIpc) is 3.25. The molecule has 1 aliphatic rings. The first-order valence-corrected chi connectivity index (χ1v) is 12.3. The average molecular weight is 492 g/mol. The van der Waals surface area contributed by atoms with Crippen molar-refractivity contribution in [3.63, 3.8) is 0 Å². The first-order chi connectivity index (χ1) is 16.5. The molecule has 1 aromatic heterocycles. The number of carbonyl (C=O) groups is 1. The van der Waals surface area contributed by atoms with Crippen molar-refractivity contribution in [3.05, 3.63) is 105 Å². The summed E-state index contributed by atoms with van der Waals surface area (Å²) in [6.45, 7) is 6.25. The molecule has 0 unspecified atom stereocenters. The molecular weight excluding hydrogens is 465 g/mol. The quantitative estimate of drug-likeness (QED) is 0.309. The van der Waals surface area contributed by atoms with Gasteiger partial charge in [-0.1, -0.05) is 59.6 Å². The van der Waals surface area contributed by atoms with Gasteiger partial charge in [0, 0.05) is 65.4 Å². The molecule has 0 bridgehead atoms. The molecule has 3 aromatic carbocycles. The van der Waals surface area contributed by atoms with Gasteiger partial charge in [-0.3, -0.25) is 14.6 Å². The van der Waals surface area contributed by atoms with E-state index < -0.39 is 0 Å². The predicted molar refractivity (Wildman–Crippen MR) is 140 cm³/mol. The second kappa shape index (κ2) is 9.93. The number of rotatable bonds is 6. The topological polar surface area (TPSA) is 39.3 Å². The minimum atomic E-state index is 0.102. The maximum absolute atomic E-state index is 12.2. The van der Waals surface area contributed by atoms with Crippen LogP contribution >= 0.6 is 23.2 Å². The molecule has 0 atom stereocenters. The van der Waals surface area contributed by atoms with Crippen LogP contribution in [0.2, 0.25) is 10.0 Å². The Balaban J connectivity index is 1.35. The molecular formula is C28H27Cl2N3O. The van der Waals surface area contributed by atoms with Crippen molar-refractivity contribution in [3.8, 4) is 0 Å². The number of hydrogen-bond acceptors (Lipinski definition) is 3. The largest absolute Gasteiger partial charge is 0.361 e. The number of nitrogens with zero attached hydrogens (tertiary/aromatic N) is 2. The summed E-state index contributed by atoms with van der Waals surface area (Å²) in [4.78, 5) is 20.5. The number of H-pyrrole nitrogens is 1. The number of hydrogen-bond donors (Lipinski definition) is 1. The Kier molecular flexibility index (Phi) is 6.75. The molecule has 0 radical (unpaired) electrons. The lowest BCUT2D eigenvalue weighted by Crippen LogP contribution is -2.47. The number of carbonyl (C=O) groups excluding carboxylic acids is 1. The van der Waals surface area contributed by atoms with Crippen LogP contribution in [0.3, 0.4) is 0 Å². The minimum Gasteiger partial charge on any atom is -0.361 e. The van der Waals surface area contributed by atoms with Gasteiger partial charge in [-0.25, -0.2) is 0 Å². The number of nitrogens with one attached hydrogen (secondary N) is 1. The van der Waals surface area contributed by atoms with E-state index in [1.54, 1.807) is 6.92 Å². The molecule has 1 aliphatic heterocycles. The van der Waals surface area contributed by atoms with Crippen LogP contribution in [0.15, 0.2) is 72.9 Å². The second-order valence-corrected chi connectivity index (χ2v) is 9.79. The molecule has 1 N–H and O–H groups in total. The standard InChI is InChI=1S/C28H27Cl2N3O/c1-19(34)25-3-2-4-26-27(25)22(17-31-26)18-32-13-15-33(16-14-32)28(20-5-9-23(29)10-6-20)21-7-11-24(30)12-8-21/h2-12,17,28,31H,13-16,18H2,1H3. The lowest BCUT2D eigenvalue weighted by atomic mass is 9.96. The molecule has 1 fully saturated rings. The van der Waals surface area contributed by atoms with Gasteiger partial charge in [0.25, 0.3) is 0 Å². The van der Waals surface area contributed by atoms with Gasteiger partial charge in [0.2, 0.25) is 0 Å². The molecule has 4 nitrogen and oxygen atoms in total. The molecule has 34 heavy (non-hydrogen) atoms. The summed E-state index contributed by atoms with van der Waals surface area (Å²) in [5, 5.41) is 2.54. The Morgan fingerprint density at radius 2 is 1.47 bits per heavy atom. The zero-order valence-electron chi connectivity index (χ0n) is 19.1. The molecule has 0 saturated carbocycles. The first kappa shape index (κ1) is 23.1. The van der Waals surface area contributed by atoms with Crippen molar-refractivity contribution in [1.29, 1.82) is 0 Å². The Hall–Kier alpha value is -2.63. The molecule has 174 valence electrons. The van der Waals surface area contributed by atoms with Crippen molar-refractivity contribution in [2.45, 2.75) is 19.5 Å². The van der Waals surface area contributed by atoms with E-state index in [1.807, 2.05) is 48.7 Å². The van der Waals surface area contributed by atoms with Gasteiger partial charge >= 0.3 is 0 Å². The van der Waals surface area contributed by atoms with E-state index in [0.29, 0.717) is 0 Å². The fourth-order valence-corrected chi connectivity index (χ4v) is 5.25. The van der Waals surface area contributed by atoms with Gasteiger partial charge in [-0.05, 0) is 53.9 Å². The third-order valence-electron chi connectivity index (χ3n) is 6.70. The summed E-state index contributed by atoms with van der Waals surface area (Å²) in [5.41, 5.74) is 5.44. The predicted octanol–water partition coefficient (Wildman–Crippen LogP) is 6.58. The summed E-state index contributed by atoms with van der Waals surface area (Å²) in [6, 6.07) is 22.3. The number of aromatic amines is 1. The number of ketones is 1. The van der Waals surface area contributed by atoms with Crippen LogP contribution in [0.4, 0.5) is 0 Å². The van der Waals surface area contributed by atoms with E-state index in [1.165, 1.54) is 16.7 Å². The van der Waals surface area contributed by atoms with Crippen LogP contribution in [-0.4, -0.2) is 46.7 Å². The van der Waals surface area contributed by atoms with Crippen LogP contribution in [0, 0.1) is 0 Å². The van der Waals surface area contributed by atoms with Gasteiger partial charge in [-0.15, -0.1) is 0 Å². The van der Waals surface area contributed by atoms with Gasteiger partial charge in [0.05, 0.1) is 6.04 Å². The highest BCUT2D eigenvalue weighted by Gasteiger charge is 2.27. The monoisotopic (exact) mass is 491 g/mol. The molecule has 1 saturated heterocycles. The van der Waals surface area contributed by atoms with Crippen molar-refractivity contribution < 1.29 is 4.79 Å². The highest BCUT2D eigenvalue weighted by molar-refractivity contribution is 6.30. The van der Waals surface area contributed by atoms with E-state index in [2.05, 4.69) is 39.0 Å². The first-order valence-electron chi connectivity index (χ1n) is 11.6. The van der Waals surface area contributed by atoms with E-state index in [9.17, 15) is 4.79 Å². The zero-order chi connectivity index (χ0) is 23.7. The molecule has 0 amide bonds. The SMILES string of the molecule is CC(=O)c1cccc2[nH]cc(CN3CCN(C(c4ccc(Cl)cc4)c4ccc(Cl)cc4)CC3)c12. The number of benzene rings is 3. The third kappa shape index (κ3) is 4.77. The summed E-state index contributed by atoms with van der Waals surface area (Å²) in [6.07, 6.45) is 2.05. The van der Waals surface area contributed by atoms with Crippen molar-refractivity contribution in [1.82, 2.24) is 14.8 Å². The molecule has 2 heterocycles. The van der Waals surface area contributed by atoms with E-state index >= 15 is 0 Å². The summed E-state index contributed by atoms with van der Waals surface area (Å²) >= 11 is 12.3. The maximum atomic E-state index is 12.2. The molecule has 4 aromatic rings. The molecule has 0 aliphatic carbocycles. The van der Waals surface area contributed by atoms with Crippen LogP contribution < -0.4 is 0 Å². The fourth-order valence-electron chi connectivity index (χ4n) is 5.00. The van der Waals surface area contributed by atoms with E-state index in [0.717, 1.165) is 59.2 Å². The zero-order valence-corrected chi connectivity index (χ0v) is 20.6. The Bertz CT molecular complexity index is 1240. The van der Waals surface area contributed by atoms with Crippen molar-refractivity contribution >= 4 is 39.9 Å². The van der Waals surface area contributed by atoms with Gasteiger partial charge in [0.1, 0.15) is 0 Å². The van der Waals surface area contributed by atoms with Crippen LogP contribution in [-0.2, 0) is 6.54 Å². The van der Waals surface area contributed by atoms with E-state index in [-0.39, 0.29) is 11.8 Å². The van der Waals surface area contributed by atoms with Crippen LogP contribution in [0.1, 0.15) is 40.0 Å². The van der Waals surface area contributed by atoms with E-state index in [4.69, 9.17) is 23.2 Å². The van der Waals surface area contributed by atoms with Crippen LogP contribution in [0.5, 0.6) is 0 Å². The number of fused-ring (bicyclic) bond motifs is 1. The maximum Gasteiger partial charge on any atom is 0.160 e. The normalized spacial score (nSPS) is 15.3. The minimum absolute atomic E-state index is 0.102. The lowest BCUT2D eigenvalue weighted by molar-refractivity contribution is 0.101. The van der Waals surface area contributed by atoms with Gasteiger partial charge in [0.15, 0.2) is 5.78 Å². The number of piperazine rings is 1. The summed E-state index contributed by atoms with van der Waals surface area (Å²) in [7, 11) is 0. The lowest BCUT2D eigenvalue weighted by Gasteiger charge is -2.40. The highest BCUT2D eigenvalue weighted by atomic mass is 35.5. The molecule has 5 rings (SSSR count). The third-order valence-corrected chi connectivity index (χ3v) is 7.21. The smallest absolute Gasteiger partial charge is 0.160 e. The van der Waals surface area contributed by atoms with Crippen LogP contribution in [0.25, 0.3) is 10.9 Å². The van der Waals surface area contributed by atoms with Crippen molar-refractivity contribution in [2.75, 3.05) is 26.2 Å². The second-order valence-electron chi connectivity index (χ2n) is 8.92. The summed E-state index contributed by atoms with van der Waals surface area (Å²) < 4.78 is 0. The number of halogens is 2. The highest BCUT2D eigenvalue weighted by Crippen LogP contribution is 2.32. The number of aromatic nitrogens is 1. The molecule has 6 heteroatoms. The number of Topliss-reactive ketones (excluding diaryl/α,β-unsaturated/α-hetero) is 1. The Morgan fingerprint density at radius 3 is 2.03 bits per heavy atom.